The van der Waals surface area contributed by atoms with Crippen LogP contribution in [0.5, 0.6) is 11.6 Å². The molecule has 3 rings (SSSR count). The molecular weight excluding hydrogens is 491 g/mol. The minimum atomic E-state index is -4.98. The van der Waals surface area contributed by atoms with Gasteiger partial charge in [-0.3, -0.25) is 4.98 Å². The molecule has 0 spiro atoms. The molecule has 2 atom stereocenters. The van der Waals surface area contributed by atoms with E-state index in [0.29, 0.717) is 17.5 Å². The average Bonchev–Trinajstić information content (AvgIpc) is 3.28. The van der Waals surface area contributed by atoms with Gasteiger partial charge in [0.1, 0.15) is 5.75 Å². The number of rotatable bonds is 8. The van der Waals surface area contributed by atoms with Crippen molar-refractivity contribution in [1.29, 1.82) is 0 Å². The highest BCUT2D eigenvalue weighted by Crippen LogP contribution is 2.40. The SMILES string of the molecule is CCN(C(=O)NC(C)C(C)(F)F)[C@@H](c1cc(-c2cn3ccnc3c(OC)n2)c(OC)cn1)C(F)(F)F. The predicted octanol–water partition coefficient (Wildman–Crippen LogP) is 4.49. The van der Waals surface area contributed by atoms with Gasteiger partial charge in [-0.1, -0.05) is 0 Å². The third kappa shape index (κ3) is 5.41. The van der Waals surface area contributed by atoms with Crippen molar-refractivity contribution in [2.24, 2.45) is 0 Å². The van der Waals surface area contributed by atoms with Crippen LogP contribution in [0.25, 0.3) is 16.9 Å². The van der Waals surface area contributed by atoms with Gasteiger partial charge in [-0.2, -0.15) is 13.2 Å². The first-order chi connectivity index (χ1) is 16.8. The number of carbonyl (C=O) groups is 1. The Kier molecular flexibility index (Phi) is 7.55. The zero-order chi connectivity index (χ0) is 26.8. The summed E-state index contributed by atoms with van der Waals surface area (Å²) >= 11 is 0. The van der Waals surface area contributed by atoms with Crippen LogP contribution in [0.2, 0.25) is 0 Å². The van der Waals surface area contributed by atoms with Crippen molar-refractivity contribution in [2.75, 3.05) is 20.8 Å². The number of imidazole rings is 1. The summed E-state index contributed by atoms with van der Waals surface area (Å²) < 4.78 is 82.1. The van der Waals surface area contributed by atoms with Crippen molar-refractivity contribution in [2.45, 2.75) is 45.0 Å². The van der Waals surface area contributed by atoms with Gasteiger partial charge in [-0.15, -0.1) is 0 Å². The maximum Gasteiger partial charge on any atom is 0.414 e. The molecule has 3 aromatic rings. The number of nitrogens with zero attached hydrogens (tertiary/aromatic N) is 5. The summed E-state index contributed by atoms with van der Waals surface area (Å²) in [6.07, 6.45) is 0.707. The van der Waals surface area contributed by atoms with E-state index in [2.05, 4.69) is 15.0 Å². The summed E-state index contributed by atoms with van der Waals surface area (Å²) in [6, 6.07) is -4.46. The summed E-state index contributed by atoms with van der Waals surface area (Å²) in [6.45, 7) is 2.43. The highest BCUT2D eigenvalue weighted by atomic mass is 19.4. The largest absolute Gasteiger partial charge is 0.494 e. The van der Waals surface area contributed by atoms with Crippen LogP contribution in [0.3, 0.4) is 0 Å². The molecule has 196 valence electrons. The number of pyridine rings is 1. The quantitative estimate of drug-likeness (QED) is 0.444. The predicted molar refractivity (Wildman–Crippen MR) is 119 cm³/mol. The number of amides is 2. The van der Waals surface area contributed by atoms with Crippen molar-refractivity contribution in [3.05, 3.63) is 36.5 Å². The van der Waals surface area contributed by atoms with Gasteiger partial charge in [0.15, 0.2) is 11.7 Å². The maximum absolute atomic E-state index is 14.3. The van der Waals surface area contributed by atoms with Crippen molar-refractivity contribution in [1.82, 2.24) is 29.6 Å². The average molecular weight is 516 g/mol. The van der Waals surface area contributed by atoms with E-state index in [0.717, 1.165) is 19.2 Å². The maximum atomic E-state index is 14.3. The second kappa shape index (κ2) is 10.1. The molecule has 0 aliphatic rings. The second-order valence-electron chi connectivity index (χ2n) is 7.96. The molecule has 1 unspecified atom stereocenters. The van der Waals surface area contributed by atoms with Crippen molar-refractivity contribution >= 4 is 11.7 Å². The summed E-state index contributed by atoms with van der Waals surface area (Å²) in [7, 11) is 2.68. The first kappa shape index (κ1) is 26.9. The highest BCUT2D eigenvalue weighted by molar-refractivity contribution is 5.75. The highest BCUT2D eigenvalue weighted by Gasteiger charge is 2.48. The van der Waals surface area contributed by atoms with Gasteiger partial charge in [0.25, 0.3) is 11.8 Å². The molecule has 3 aromatic heterocycles. The van der Waals surface area contributed by atoms with E-state index in [9.17, 15) is 26.7 Å². The molecule has 0 aliphatic heterocycles. The second-order valence-corrected chi connectivity index (χ2v) is 7.96. The molecule has 14 heteroatoms. The lowest BCUT2D eigenvalue weighted by Crippen LogP contribution is -2.52. The number of alkyl halides is 5. The van der Waals surface area contributed by atoms with Gasteiger partial charge in [-0.25, -0.2) is 23.5 Å². The van der Waals surface area contributed by atoms with Crippen LogP contribution in [0, 0.1) is 0 Å². The summed E-state index contributed by atoms with van der Waals surface area (Å²) in [5, 5.41) is 1.94. The van der Waals surface area contributed by atoms with E-state index in [-0.39, 0.29) is 22.9 Å². The Bertz CT molecular complexity index is 1230. The number of carbonyl (C=O) groups excluding carboxylic acids is 1. The van der Waals surface area contributed by atoms with Crippen molar-refractivity contribution in [3.8, 4) is 22.9 Å². The Labute approximate surface area is 203 Å². The van der Waals surface area contributed by atoms with Crippen LogP contribution in [-0.2, 0) is 0 Å². The van der Waals surface area contributed by atoms with Crippen molar-refractivity contribution < 1.29 is 36.2 Å². The molecule has 0 aromatic carbocycles. The van der Waals surface area contributed by atoms with E-state index >= 15 is 0 Å². The Morgan fingerprint density at radius 2 is 1.89 bits per heavy atom. The number of halogens is 5. The lowest BCUT2D eigenvalue weighted by atomic mass is 10.1. The van der Waals surface area contributed by atoms with Gasteiger partial charge in [0, 0.05) is 37.6 Å². The Morgan fingerprint density at radius 3 is 2.44 bits per heavy atom. The molecule has 2 amide bonds. The monoisotopic (exact) mass is 516 g/mol. The summed E-state index contributed by atoms with van der Waals surface area (Å²) in [5.74, 6) is -3.11. The third-order valence-electron chi connectivity index (χ3n) is 5.52. The van der Waals surface area contributed by atoms with Gasteiger partial charge >= 0.3 is 12.2 Å². The van der Waals surface area contributed by atoms with E-state index in [1.807, 2.05) is 5.32 Å². The molecule has 0 saturated heterocycles. The number of ether oxygens (including phenoxy) is 2. The Balaban J connectivity index is 2.12. The normalized spacial score (nSPS) is 13.8. The number of aromatic nitrogens is 4. The van der Waals surface area contributed by atoms with E-state index in [1.54, 1.807) is 10.6 Å². The number of hydrogen-bond donors (Lipinski definition) is 1. The molecule has 9 nitrogen and oxygen atoms in total. The number of urea groups is 1. The minimum absolute atomic E-state index is 0.112. The Hall–Kier alpha value is -3.71. The van der Waals surface area contributed by atoms with Crippen LogP contribution in [0.4, 0.5) is 26.7 Å². The molecular formula is C22H25F5N6O3. The molecule has 0 fully saturated rings. The van der Waals surface area contributed by atoms with Gasteiger partial charge in [0.2, 0.25) is 0 Å². The standard InChI is InChI=1S/C22H25F5N6O3/c1-6-33(20(34)30-12(2)21(3,23)24)17(22(25,26)27)14-9-13(16(35-4)10-29-14)15-11-32-8-7-28-18(32)19(31-15)36-5/h7-12,17H,6H2,1-5H3,(H,30,34)/t12?,17-/m0/s1. The lowest BCUT2D eigenvalue weighted by Gasteiger charge is -2.33. The molecule has 36 heavy (non-hydrogen) atoms. The first-order valence-electron chi connectivity index (χ1n) is 10.7. The fourth-order valence-electron chi connectivity index (χ4n) is 3.48. The van der Waals surface area contributed by atoms with E-state index in [1.165, 1.54) is 33.5 Å². The molecule has 1 N–H and O–H groups in total. The third-order valence-corrected chi connectivity index (χ3v) is 5.52. The lowest BCUT2D eigenvalue weighted by molar-refractivity contribution is -0.179. The molecule has 0 saturated carbocycles. The van der Waals surface area contributed by atoms with Gasteiger partial charge in [0.05, 0.1) is 37.8 Å². The van der Waals surface area contributed by atoms with Gasteiger partial charge in [-0.05, 0) is 19.9 Å². The zero-order valence-electron chi connectivity index (χ0n) is 20.1. The first-order valence-corrected chi connectivity index (χ1v) is 10.7. The minimum Gasteiger partial charge on any atom is -0.494 e. The van der Waals surface area contributed by atoms with Crippen LogP contribution in [-0.4, -0.2) is 69.2 Å². The number of nitrogens with one attached hydrogen (secondary N) is 1. The summed E-state index contributed by atoms with van der Waals surface area (Å²) in [4.78, 5) is 25.4. The van der Waals surface area contributed by atoms with Crippen LogP contribution >= 0.6 is 0 Å². The summed E-state index contributed by atoms with van der Waals surface area (Å²) in [5.41, 5.74) is 0.150. The smallest absolute Gasteiger partial charge is 0.414 e. The zero-order valence-corrected chi connectivity index (χ0v) is 20.1. The molecule has 3 heterocycles. The number of hydrogen-bond acceptors (Lipinski definition) is 6. The topological polar surface area (TPSA) is 93.9 Å². The fraction of sp³-hybridized carbons (Fsp3) is 0.455. The van der Waals surface area contributed by atoms with Crippen LogP contribution in [0.15, 0.2) is 30.9 Å². The molecule has 0 aliphatic carbocycles. The van der Waals surface area contributed by atoms with Crippen LogP contribution in [0.1, 0.15) is 32.5 Å². The van der Waals surface area contributed by atoms with E-state index < -0.39 is 42.5 Å². The molecule has 0 bridgehead atoms. The number of fused-ring (bicyclic) bond motifs is 1. The Morgan fingerprint density at radius 1 is 1.19 bits per heavy atom. The number of methoxy groups -OCH3 is 2. The van der Waals surface area contributed by atoms with Crippen LogP contribution < -0.4 is 14.8 Å². The van der Waals surface area contributed by atoms with Gasteiger partial charge < -0.3 is 24.1 Å². The fourth-order valence-corrected chi connectivity index (χ4v) is 3.48. The van der Waals surface area contributed by atoms with E-state index in [4.69, 9.17) is 9.47 Å². The van der Waals surface area contributed by atoms with Crippen molar-refractivity contribution in [3.63, 3.8) is 0 Å². The molecule has 0 radical (unpaired) electrons.